The molecule has 1 atom stereocenters. The lowest BCUT2D eigenvalue weighted by atomic mass is 10.2. The third-order valence-corrected chi connectivity index (χ3v) is 2.47. The van der Waals surface area contributed by atoms with Crippen molar-refractivity contribution >= 4 is 0 Å². The maximum absolute atomic E-state index is 9.54. The van der Waals surface area contributed by atoms with Gasteiger partial charge in [-0.25, -0.2) is 4.98 Å². The number of hydrogen-bond donors (Lipinski definition) is 2. The standard InChI is InChI=1S/C12H15N3O/c1-9-3-2-4-10(5-9)15-7-11(14-8-15)12(16)6-13/h2-5,7-8,12,16H,6,13H2,1H3. The van der Waals surface area contributed by atoms with Crippen molar-refractivity contribution in [1.82, 2.24) is 9.55 Å². The highest BCUT2D eigenvalue weighted by molar-refractivity contribution is 5.35. The zero-order chi connectivity index (χ0) is 11.5. The first-order chi connectivity index (χ1) is 7.70. The van der Waals surface area contributed by atoms with E-state index in [4.69, 9.17) is 5.73 Å². The Hall–Kier alpha value is -1.65. The summed E-state index contributed by atoms with van der Waals surface area (Å²) >= 11 is 0. The van der Waals surface area contributed by atoms with Gasteiger partial charge in [-0.15, -0.1) is 0 Å². The van der Waals surface area contributed by atoms with Crippen LogP contribution in [0.4, 0.5) is 0 Å². The van der Waals surface area contributed by atoms with Crippen LogP contribution in [0.5, 0.6) is 0 Å². The molecule has 0 amide bonds. The van der Waals surface area contributed by atoms with Gasteiger partial charge in [-0.05, 0) is 24.6 Å². The zero-order valence-corrected chi connectivity index (χ0v) is 9.17. The number of imidazole rings is 1. The SMILES string of the molecule is Cc1cccc(-n2cnc(C(O)CN)c2)c1. The van der Waals surface area contributed by atoms with Gasteiger partial charge in [0.15, 0.2) is 0 Å². The van der Waals surface area contributed by atoms with Gasteiger partial charge in [0.05, 0.1) is 12.0 Å². The zero-order valence-electron chi connectivity index (χ0n) is 9.17. The van der Waals surface area contributed by atoms with Crippen LogP contribution in [0.15, 0.2) is 36.8 Å². The van der Waals surface area contributed by atoms with E-state index < -0.39 is 6.10 Å². The highest BCUT2D eigenvalue weighted by Gasteiger charge is 2.08. The van der Waals surface area contributed by atoms with E-state index in [1.54, 1.807) is 12.5 Å². The molecule has 1 heterocycles. The normalized spacial score (nSPS) is 12.7. The Morgan fingerprint density at radius 3 is 3.00 bits per heavy atom. The summed E-state index contributed by atoms with van der Waals surface area (Å²) in [6, 6.07) is 8.08. The van der Waals surface area contributed by atoms with Gasteiger partial charge < -0.3 is 15.4 Å². The average Bonchev–Trinajstić information content (AvgIpc) is 2.77. The molecule has 0 aliphatic heterocycles. The van der Waals surface area contributed by atoms with Crippen LogP contribution >= 0.6 is 0 Å². The summed E-state index contributed by atoms with van der Waals surface area (Å²) in [7, 11) is 0. The van der Waals surface area contributed by atoms with Crippen molar-refractivity contribution in [1.29, 1.82) is 0 Å². The Bertz CT molecular complexity index is 479. The average molecular weight is 217 g/mol. The second kappa shape index (κ2) is 4.47. The number of nitrogens with two attached hydrogens (primary N) is 1. The molecule has 0 bridgehead atoms. The molecule has 4 heteroatoms. The van der Waals surface area contributed by atoms with Crippen LogP contribution in [0, 0.1) is 6.92 Å². The van der Waals surface area contributed by atoms with Crippen LogP contribution in [0.25, 0.3) is 5.69 Å². The van der Waals surface area contributed by atoms with Crippen molar-refractivity contribution in [2.75, 3.05) is 6.54 Å². The molecule has 16 heavy (non-hydrogen) atoms. The summed E-state index contributed by atoms with van der Waals surface area (Å²) in [6.07, 6.45) is 2.79. The molecule has 0 aliphatic carbocycles. The van der Waals surface area contributed by atoms with Crippen LogP contribution in [0.3, 0.4) is 0 Å². The van der Waals surface area contributed by atoms with E-state index in [0.717, 1.165) is 5.69 Å². The van der Waals surface area contributed by atoms with Gasteiger partial charge in [0, 0.05) is 18.4 Å². The lowest BCUT2D eigenvalue weighted by Gasteiger charge is -2.04. The molecule has 1 aromatic heterocycles. The van der Waals surface area contributed by atoms with Gasteiger partial charge in [-0.2, -0.15) is 0 Å². The molecule has 84 valence electrons. The monoisotopic (exact) mass is 217 g/mol. The van der Waals surface area contributed by atoms with E-state index in [2.05, 4.69) is 11.1 Å². The number of aliphatic hydroxyl groups excluding tert-OH is 1. The third-order valence-electron chi connectivity index (χ3n) is 2.47. The van der Waals surface area contributed by atoms with Crippen molar-refractivity contribution in [3.05, 3.63) is 48.0 Å². The first-order valence-electron chi connectivity index (χ1n) is 5.20. The summed E-state index contributed by atoms with van der Waals surface area (Å²) in [5, 5.41) is 9.54. The number of benzene rings is 1. The summed E-state index contributed by atoms with van der Waals surface area (Å²) in [5.41, 5.74) is 8.20. The van der Waals surface area contributed by atoms with E-state index in [1.807, 2.05) is 29.7 Å². The molecule has 0 radical (unpaired) electrons. The highest BCUT2D eigenvalue weighted by Crippen LogP contribution is 2.14. The lowest BCUT2D eigenvalue weighted by molar-refractivity contribution is 0.182. The predicted molar refractivity (Wildman–Crippen MR) is 62.3 cm³/mol. The second-order valence-electron chi connectivity index (χ2n) is 3.80. The second-order valence-corrected chi connectivity index (χ2v) is 3.80. The number of aliphatic hydroxyl groups is 1. The molecule has 1 aromatic carbocycles. The topological polar surface area (TPSA) is 64.1 Å². The Kier molecular flexibility index (Phi) is 3.03. The molecule has 1 unspecified atom stereocenters. The molecule has 0 saturated heterocycles. The molecule has 0 fully saturated rings. The molecular formula is C12H15N3O. The molecular weight excluding hydrogens is 202 g/mol. The van der Waals surface area contributed by atoms with Crippen molar-refractivity contribution in [2.45, 2.75) is 13.0 Å². The van der Waals surface area contributed by atoms with Crippen LogP contribution in [0.2, 0.25) is 0 Å². The molecule has 2 rings (SSSR count). The fourth-order valence-corrected chi connectivity index (χ4v) is 1.56. The van der Waals surface area contributed by atoms with E-state index in [0.29, 0.717) is 5.69 Å². The summed E-state index contributed by atoms with van der Waals surface area (Å²) in [4.78, 5) is 4.13. The maximum Gasteiger partial charge on any atom is 0.110 e. The van der Waals surface area contributed by atoms with Crippen LogP contribution in [-0.2, 0) is 0 Å². The van der Waals surface area contributed by atoms with Crippen molar-refractivity contribution in [3.63, 3.8) is 0 Å². The van der Waals surface area contributed by atoms with Crippen molar-refractivity contribution in [3.8, 4) is 5.69 Å². The minimum atomic E-state index is -0.689. The minimum Gasteiger partial charge on any atom is -0.385 e. The van der Waals surface area contributed by atoms with E-state index in [-0.39, 0.29) is 6.54 Å². The number of hydrogen-bond acceptors (Lipinski definition) is 3. The Morgan fingerprint density at radius 2 is 2.31 bits per heavy atom. The number of aromatic nitrogens is 2. The first-order valence-corrected chi connectivity index (χ1v) is 5.20. The number of nitrogens with zero attached hydrogens (tertiary/aromatic N) is 2. The van der Waals surface area contributed by atoms with Gasteiger partial charge in [0.25, 0.3) is 0 Å². The Morgan fingerprint density at radius 1 is 1.50 bits per heavy atom. The number of aryl methyl sites for hydroxylation is 1. The van der Waals surface area contributed by atoms with Crippen molar-refractivity contribution < 1.29 is 5.11 Å². The molecule has 4 nitrogen and oxygen atoms in total. The minimum absolute atomic E-state index is 0.185. The predicted octanol–water partition coefficient (Wildman–Crippen LogP) is 1.17. The molecule has 0 aliphatic rings. The molecule has 2 aromatic rings. The summed E-state index contributed by atoms with van der Waals surface area (Å²) in [5.74, 6) is 0. The van der Waals surface area contributed by atoms with Gasteiger partial charge in [-0.1, -0.05) is 12.1 Å². The summed E-state index contributed by atoms with van der Waals surface area (Å²) in [6.45, 7) is 2.22. The third kappa shape index (κ3) is 2.13. The first kappa shape index (κ1) is 10.9. The van der Waals surface area contributed by atoms with Crippen LogP contribution < -0.4 is 5.73 Å². The number of rotatable bonds is 3. The van der Waals surface area contributed by atoms with Crippen LogP contribution in [0.1, 0.15) is 17.4 Å². The molecule has 0 saturated carbocycles. The van der Waals surface area contributed by atoms with Gasteiger partial charge in [0.2, 0.25) is 0 Å². The quantitative estimate of drug-likeness (QED) is 0.811. The smallest absolute Gasteiger partial charge is 0.110 e. The van der Waals surface area contributed by atoms with Crippen molar-refractivity contribution in [2.24, 2.45) is 5.73 Å². The molecule has 0 spiro atoms. The lowest BCUT2D eigenvalue weighted by Crippen LogP contribution is -2.11. The van der Waals surface area contributed by atoms with Gasteiger partial charge >= 0.3 is 0 Å². The van der Waals surface area contributed by atoms with Crippen LogP contribution in [-0.4, -0.2) is 21.2 Å². The Balaban J connectivity index is 2.31. The van der Waals surface area contributed by atoms with Gasteiger partial charge in [0.1, 0.15) is 6.10 Å². The maximum atomic E-state index is 9.54. The van der Waals surface area contributed by atoms with E-state index in [1.165, 1.54) is 5.56 Å². The molecule has 3 N–H and O–H groups in total. The fourth-order valence-electron chi connectivity index (χ4n) is 1.56. The fraction of sp³-hybridized carbons (Fsp3) is 0.250. The Labute approximate surface area is 94.4 Å². The van der Waals surface area contributed by atoms with E-state index >= 15 is 0 Å². The highest BCUT2D eigenvalue weighted by atomic mass is 16.3. The van der Waals surface area contributed by atoms with E-state index in [9.17, 15) is 5.11 Å². The summed E-state index contributed by atoms with van der Waals surface area (Å²) < 4.78 is 1.88. The van der Waals surface area contributed by atoms with Gasteiger partial charge in [-0.3, -0.25) is 0 Å². The largest absolute Gasteiger partial charge is 0.385 e.